The molecule has 0 saturated heterocycles. The SMILES string of the molecule is CCC(C)(C)N(C)C(CN)c1cc(Br)ccc1OC. The summed E-state index contributed by atoms with van der Waals surface area (Å²) in [6.45, 7) is 7.23. The molecule has 1 atom stereocenters. The maximum atomic E-state index is 6.02. The van der Waals surface area contributed by atoms with Crippen molar-refractivity contribution in [3.63, 3.8) is 0 Å². The number of benzene rings is 1. The molecule has 2 N–H and O–H groups in total. The van der Waals surface area contributed by atoms with E-state index < -0.39 is 0 Å². The zero-order chi connectivity index (χ0) is 14.6. The molecule has 108 valence electrons. The molecule has 0 spiro atoms. The van der Waals surface area contributed by atoms with Gasteiger partial charge in [-0.2, -0.15) is 0 Å². The fourth-order valence-electron chi connectivity index (χ4n) is 2.13. The molecule has 1 aromatic carbocycles. The van der Waals surface area contributed by atoms with Crippen LogP contribution >= 0.6 is 15.9 Å². The molecule has 1 aromatic rings. The number of nitrogens with zero attached hydrogens (tertiary/aromatic N) is 1. The third kappa shape index (κ3) is 3.71. The normalized spacial score (nSPS) is 13.7. The zero-order valence-corrected chi connectivity index (χ0v) is 14.1. The number of likely N-dealkylation sites (N-methyl/N-ethyl adjacent to an activating group) is 1. The fourth-order valence-corrected chi connectivity index (χ4v) is 2.51. The van der Waals surface area contributed by atoms with Crippen LogP contribution in [0.25, 0.3) is 0 Å². The lowest BCUT2D eigenvalue weighted by Gasteiger charge is -2.41. The Balaban J connectivity index is 3.19. The smallest absolute Gasteiger partial charge is 0.123 e. The van der Waals surface area contributed by atoms with Gasteiger partial charge in [0, 0.05) is 22.1 Å². The van der Waals surface area contributed by atoms with Crippen molar-refractivity contribution in [3.05, 3.63) is 28.2 Å². The Morgan fingerprint density at radius 3 is 2.53 bits per heavy atom. The highest BCUT2D eigenvalue weighted by atomic mass is 79.9. The van der Waals surface area contributed by atoms with E-state index in [1.54, 1.807) is 7.11 Å². The Bertz CT molecular complexity index is 421. The molecule has 0 radical (unpaired) electrons. The molecule has 1 unspecified atom stereocenters. The minimum absolute atomic E-state index is 0.0946. The molecular weight excluding hydrogens is 304 g/mol. The summed E-state index contributed by atoms with van der Waals surface area (Å²) in [6.07, 6.45) is 1.07. The maximum absolute atomic E-state index is 6.02. The summed E-state index contributed by atoms with van der Waals surface area (Å²) in [6, 6.07) is 6.20. The van der Waals surface area contributed by atoms with Crippen molar-refractivity contribution in [2.24, 2.45) is 5.73 Å². The Morgan fingerprint density at radius 2 is 2.05 bits per heavy atom. The molecule has 1 rings (SSSR count). The monoisotopic (exact) mass is 328 g/mol. The van der Waals surface area contributed by atoms with Gasteiger partial charge >= 0.3 is 0 Å². The summed E-state index contributed by atoms with van der Waals surface area (Å²) in [7, 11) is 3.83. The molecule has 0 aliphatic heterocycles. The minimum Gasteiger partial charge on any atom is -0.496 e. The molecule has 0 fully saturated rings. The van der Waals surface area contributed by atoms with Crippen LogP contribution in [0, 0.1) is 0 Å². The van der Waals surface area contributed by atoms with Gasteiger partial charge in [-0.1, -0.05) is 22.9 Å². The highest BCUT2D eigenvalue weighted by Gasteiger charge is 2.29. The number of hydrogen-bond donors (Lipinski definition) is 1. The van der Waals surface area contributed by atoms with Gasteiger partial charge in [0.25, 0.3) is 0 Å². The largest absolute Gasteiger partial charge is 0.496 e. The topological polar surface area (TPSA) is 38.5 Å². The van der Waals surface area contributed by atoms with E-state index in [1.807, 2.05) is 12.1 Å². The molecule has 0 aliphatic rings. The second-order valence-corrected chi connectivity index (χ2v) is 6.33. The summed E-state index contributed by atoms with van der Waals surface area (Å²) in [5.74, 6) is 0.886. The standard InChI is InChI=1S/C15H25BrN2O/c1-6-15(2,3)18(4)13(10-17)12-9-11(16)7-8-14(12)19-5/h7-9,13H,6,10,17H2,1-5H3. The minimum atomic E-state index is 0.0946. The first-order valence-corrected chi connectivity index (χ1v) is 7.43. The molecule has 3 nitrogen and oxygen atoms in total. The van der Waals surface area contributed by atoms with Gasteiger partial charge < -0.3 is 10.5 Å². The van der Waals surface area contributed by atoms with Gasteiger partial charge in [0.05, 0.1) is 13.2 Å². The van der Waals surface area contributed by atoms with E-state index in [1.165, 1.54) is 0 Å². The second-order valence-electron chi connectivity index (χ2n) is 5.41. The average molecular weight is 329 g/mol. The lowest BCUT2D eigenvalue weighted by atomic mass is 9.94. The van der Waals surface area contributed by atoms with Gasteiger partial charge in [-0.25, -0.2) is 0 Å². The molecular formula is C15H25BrN2O. The van der Waals surface area contributed by atoms with Gasteiger partial charge in [-0.3, -0.25) is 4.90 Å². The Kier molecular flexibility index (Phi) is 5.83. The first kappa shape index (κ1) is 16.5. The van der Waals surface area contributed by atoms with Crippen LogP contribution in [0.4, 0.5) is 0 Å². The van der Waals surface area contributed by atoms with Crippen molar-refractivity contribution in [2.75, 3.05) is 20.7 Å². The van der Waals surface area contributed by atoms with Gasteiger partial charge in [0.2, 0.25) is 0 Å². The number of methoxy groups -OCH3 is 1. The van der Waals surface area contributed by atoms with Crippen LogP contribution in [0.5, 0.6) is 5.75 Å². The third-order valence-corrected chi connectivity index (χ3v) is 4.55. The van der Waals surface area contributed by atoms with Crippen LogP contribution in [-0.4, -0.2) is 31.1 Å². The number of nitrogens with two attached hydrogens (primary N) is 1. The Morgan fingerprint density at radius 1 is 1.42 bits per heavy atom. The van der Waals surface area contributed by atoms with Crippen LogP contribution in [0.15, 0.2) is 22.7 Å². The van der Waals surface area contributed by atoms with Gasteiger partial charge in [0.15, 0.2) is 0 Å². The molecule has 0 amide bonds. The zero-order valence-electron chi connectivity index (χ0n) is 12.5. The van der Waals surface area contributed by atoms with Crippen LogP contribution in [-0.2, 0) is 0 Å². The Hall–Kier alpha value is -0.580. The van der Waals surface area contributed by atoms with Crippen molar-refractivity contribution in [2.45, 2.75) is 38.8 Å². The summed E-state index contributed by atoms with van der Waals surface area (Å²) in [5.41, 5.74) is 7.24. The van der Waals surface area contributed by atoms with Crippen molar-refractivity contribution in [1.82, 2.24) is 4.90 Å². The highest BCUT2D eigenvalue weighted by molar-refractivity contribution is 9.10. The van der Waals surface area contributed by atoms with Crippen LogP contribution in [0.1, 0.15) is 38.8 Å². The first-order valence-electron chi connectivity index (χ1n) is 6.63. The summed E-state index contributed by atoms with van der Waals surface area (Å²) < 4.78 is 6.52. The third-order valence-electron chi connectivity index (χ3n) is 4.06. The number of ether oxygens (including phenoxy) is 1. The quantitative estimate of drug-likeness (QED) is 0.867. The van der Waals surface area contributed by atoms with Crippen molar-refractivity contribution in [1.29, 1.82) is 0 Å². The first-order chi connectivity index (χ1) is 8.87. The lowest BCUT2D eigenvalue weighted by molar-refractivity contribution is 0.0990. The van der Waals surface area contributed by atoms with Crippen molar-refractivity contribution >= 4 is 15.9 Å². The number of halogens is 1. The van der Waals surface area contributed by atoms with E-state index >= 15 is 0 Å². The van der Waals surface area contributed by atoms with Crippen molar-refractivity contribution < 1.29 is 4.74 Å². The summed E-state index contributed by atoms with van der Waals surface area (Å²) >= 11 is 3.52. The van der Waals surface area contributed by atoms with Crippen LogP contribution < -0.4 is 10.5 Å². The number of hydrogen-bond acceptors (Lipinski definition) is 3. The molecule has 19 heavy (non-hydrogen) atoms. The fraction of sp³-hybridized carbons (Fsp3) is 0.600. The summed E-state index contributed by atoms with van der Waals surface area (Å²) in [5, 5.41) is 0. The highest BCUT2D eigenvalue weighted by Crippen LogP contribution is 2.34. The second kappa shape index (κ2) is 6.73. The molecule has 0 heterocycles. The molecule has 0 aromatic heterocycles. The number of rotatable bonds is 6. The van der Waals surface area contributed by atoms with E-state index in [0.717, 1.165) is 22.2 Å². The molecule has 0 bridgehead atoms. The predicted molar refractivity (Wildman–Crippen MR) is 84.6 cm³/mol. The Labute approximate surface area is 125 Å². The summed E-state index contributed by atoms with van der Waals surface area (Å²) in [4.78, 5) is 2.33. The average Bonchev–Trinajstić information content (AvgIpc) is 2.39. The molecule has 0 aliphatic carbocycles. The van der Waals surface area contributed by atoms with E-state index in [2.05, 4.69) is 54.7 Å². The van der Waals surface area contributed by atoms with E-state index in [4.69, 9.17) is 10.5 Å². The van der Waals surface area contributed by atoms with Gasteiger partial charge in [0.1, 0.15) is 5.75 Å². The van der Waals surface area contributed by atoms with E-state index in [0.29, 0.717) is 6.54 Å². The molecule has 0 saturated carbocycles. The van der Waals surface area contributed by atoms with Crippen LogP contribution in [0.3, 0.4) is 0 Å². The van der Waals surface area contributed by atoms with Gasteiger partial charge in [-0.15, -0.1) is 0 Å². The predicted octanol–water partition coefficient (Wildman–Crippen LogP) is 3.58. The van der Waals surface area contributed by atoms with E-state index in [9.17, 15) is 0 Å². The van der Waals surface area contributed by atoms with Crippen LogP contribution in [0.2, 0.25) is 0 Å². The van der Waals surface area contributed by atoms with Gasteiger partial charge in [-0.05, 0) is 45.5 Å². The van der Waals surface area contributed by atoms with Crippen molar-refractivity contribution in [3.8, 4) is 5.75 Å². The lowest BCUT2D eigenvalue weighted by Crippen LogP contribution is -2.45. The maximum Gasteiger partial charge on any atom is 0.123 e. The molecule has 4 heteroatoms. The van der Waals surface area contributed by atoms with E-state index in [-0.39, 0.29) is 11.6 Å².